The number of nitrogens with one attached hydrogen (secondary N) is 1. The topological polar surface area (TPSA) is 81.7 Å². The molecule has 0 saturated heterocycles. The van der Waals surface area contributed by atoms with Crippen LogP contribution in [0.3, 0.4) is 0 Å². The Labute approximate surface area is 171 Å². The van der Waals surface area contributed by atoms with Gasteiger partial charge in [-0.1, -0.05) is 38.1 Å². The van der Waals surface area contributed by atoms with E-state index in [0.29, 0.717) is 11.6 Å². The molecular weight excluding hydrogens is 370 g/mol. The van der Waals surface area contributed by atoms with Gasteiger partial charge in [-0.05, 0) is 48.6 Å². The van der Waals surface area contributed by atoms with E-state index >= 15 is 0 Å². The van der Waals surface area contributed by atoms with Crippen molar-refractivity contribution in [3.63, 3.8) is 0 Å². The lowest BCUT2D eigenvalue weighted by Crippen LogP contribution is -2.19. The molecule has 154 valence electrons. The van der Waals surface area contributed by atoms with Crippen molar-refractivity contribution in [1.29, 1.82) is 0 Å². The zero-order chi connectivity index (χ0) is 21.6. The summed E-state index contributed by atoms with van der Waals surface area (Å²) in [4.78, 5) is 36.5. The van der Waals surface area contributed by atoms with Crippen molar-refractivity contribution in [3.05, 3.63) is 64.7 Å². The molecule has 0 aliphatic rings. The van der Waals surface area contributed by atoms with Gasteiger partial charge in [0.25, 0.3) is 0 Å². The number of rotatable bonds is 7. The number of benzene rings is 2. The monoisotopic (exact) mass is 397 g/mol. The number of carbonyl (C=O) groups is 3. The van der Waals surface area contributed by atoms with Crippen LogP contribution in [0.5, 0.6) is 0 Å². The van der Waals surface area contributed by atoms with Gasteiger partial charge in [0.1, 0.15) is 0 Å². The minimum atomic E-state index is -0.611. The maximum Gasteiger partial charge on any atom is 0.337 e. The third-order valence-corrected chi connectivity index (χ3v) is 4.56. The highest BCUT2D eigenvalue weighted by molar-refractivity contribution is 6.00. The molecule has 0 saturated carbocycles. The lowest BCUT2D eigenvalue weighted by molar-refractivity contribution is -0.117. The van der Waals surface area contributed by atoms with Crippen LogP contribution in [0.15, 0.2) is 42.5 Å². The summed E-state index contributed by atoms with van der Waals surface area (Å²) in [5.74, 6) is -1.32. The molecule has 1 atom stereocenters. The quantitative estimate of drug-likeness (QED) is 0.708. The molecule has 0 aromatic heterocycles. The van der Waals surface area contributed by atoms with Crippen molar-refractivity contribution in [2.24, 2.45) is 5.92 Å². The summed E-state index contributed by atoms with van der Waals surface area (Å²) >= 11 is 0. The largest absolute Gasteiger partial charge is 0.465 e. The minimum absolute atomic E-state index is 0.149. The second kappa shape index (κ2) is 9.87. The number of carbonyl (C=O) groups excluding carboxylic acids is 3. The maximum atomic E-state index is 12.7. The number of methoxy groups -OCH3 is 2. The van der Waals surface area contributed by atoms with Gasteiger partial charge < -0.3 is 14.8 Å². The number of amides is 1. The maximum absolute atomic E-state index is 12.7. The van der Waals surface area contributed by atoms with E-state index in [1.54, 1.807) is 6.92 Å². The van der Waals surface area contributed by atoms with Gasteiger partial charge in [0.15, 0.2) is 0 Å². The molecule has 0 aliphatic carbocycles. The first-order valence-electron chi connectivity index (χ1n) is 9.46. The van der Waals surface area contributed by atoms with E-state index in [1.807, 2.05) is 24.3 Å². The van der Waals surface area contributed by atoms with Gasteiger partial charge in [-0.25, -0.2) is 9.59 Å². The molecule has 0 spiro atoms. The zero-order valence-electron chi connectivity index (χ0n) is 17.4. The number of esters is 2. The normalized spacial score (nSPS) is 11.7. The average molecular weight is 397 g/mol. The summed E-state index contributed by atoms with van der Waals surface area (Å²) in [6.45, 7) is 6.13. The number of hydrogen-bond donors (Lipinski definition) is 1. The Balaban J connectivity index is 2.22. The SMILES string of the molecule is COC(=O)c1cc(NC(=O)[C@H](C)c2ccc(CC(C)C)cc2)cc(C(=O)OC)c1. The molecule has 0 fully saturated rings. The summed E-state index contributed by atoms with van der Waals surface area (Å²) in [5.41, 5.74) is 2.73. The van der Waals surface area contributed by atoms with Crippen LogP contribution in [0.4, 0.5) is 5.69 Å². The Morgan fingerprint density at radius 1 is 0.862 bits per heavy atom. The fourth-order valence-electron chi connectivity index (χ4n) is 2.99. The van der Waals surface area contributed by atoms with E-state index in [0.717, 1.165) is 12.0 Å². The molecule has 2 aromatic carbocycles. The van der Waals surface area contributed by atoms with Crippen molar-refractivity contribution < 1.29 is 23.9 Å². The fourth-order valence-corrected chi connectivity index (χ4v) is 2.99. The van der Waals surface area contributed by atoms with Gasteiger partial charge in [0.05, 0.1) is 31.3 Å². The molecule has 6 heteroatoms. The van der Waals surface area contributed by atoms with Crippen LogP contribution in [0.25, 0.3) is 0 Å². The predicted molar refractivity (Wildman–Crippen MR) is 111 cm³/mol. The third kappa shape index (κ3) is 5.91. The van der Waals surface area contributed by atoms with Gasteiger partial charge >= 0.3 is 11.9 Å². The number of hydrogen-bond acceptors (Lipinski definition) is 5. The van der Waals surface area contributed by atoms with Gasteiger partial charge in [-0.2, -0.15) is 0 Å². The van der Waals surface area contributed by atoms with E-state index in [2.05, 4.69) is 19.2 Å². The Kier molecular flexibility index (Phi) is 7.53. The molecule has 0 heterocycles. The summed E-state index contributed by atoms with van der Waals surface area (Å²) in [6, 6.07) is 12.3. The first kappa shape index (κ1) is 22.1. The average Bonchev–Trinajstić information content (AvgIpc) is 2.71. The molecule has 29 heavy (non-hydrogen) atoms. The van der Waals surface area contributed by atoms with Crippen LogP contribution in [0.2, 0.25) is 0 Å². The van der Waals surface area contributed by atoms with E-state index in [1.165, 1.54) is 38.0 Å². The lowest BCUT2D eigenvalue weighted by Gasteiger charge is -2.15. The van der Waals surface area contributed by atoms with Crippen LogP contribution in [0.1, 0.15) is 58.5 Å². The summed E-state index contributed by atoms with van der Waals surface area (Å²) < 4.78 is 9.43. The van der Waals surface area contributed by atoms with Crippen LogP contribution in [-0.2, 0) is 20.7 Å². The fraction of sp³-hybridized carbons (Fsp3) is 0.348. The lowest BCUT2D eigenvalue weighted by atomic mass is 9.96. The summed E-state index contributed by atoms with van der Waals surface area (Å²) in [6.07, 6.45) is 0.984. The van der Waals surface area contributed by atoms with Crippen molar-refractivity contribution in [2.45, 2.75) is 33.1 Å². The highest BCUT2D eigenvalue weighted by atomic mass is 16.5. The van der Waals surface area contributed by atoms with Crippen LogP contribution >= 0.6 is 0 Å². The Hall–Kier alpha value is -3.15. The third-order valence-electron chi connectivity index (χ3n) is 4.56. The van der Waals surface area contributed by atoms with Gasteiger partial charge in [-0.15, -0.1) is 0 Å². The van der Waals surface area contributed by atoms with Gasteiger partial charge in [0, 0.05) is 5.69 Å². The Morgan fingerprint density at radius 3 is 1.83 bits per heavy atom. The highest BCUT2D eigenvalue weighted by Crippen LogP contribution is 2.22. The van der Waals surface area contributed by atoms with Gasteiger partial charge in [0.2, 0.25) is 5.91 Å². The number of ether oxygens (including phenoxy) is 2. The predicted octanol–water partition coefficient (Wildman–Crippen LogP) is 4.20. The van der Waals surface area contributed by atoms with Crippen LogP contribution in [0, 0.1) is 5.92 Å². The molecular formula is C23H27NO5. The molecule has 0 bridgehead atoms. The Morgan fingerprint density at radius 2 is 1.38 bits per heavy atom. The summed E-state index contributed by atoms with van der Waals surface area (Å²) in [5, 5.41) is 2.77. The standard InChI is InChI=1S/C23H27NO5/c1-14(2)10-16-6-8-17(9-7-16)15(3)21(25)24-20-12-18(22(26)28-4)11-19(13-20)23(27)29-5/h6-9,11-15H,10H2,1-5H3,(H,24,25)/t15-/m1/s1. The molecule has 0 aliphatic heterocycles. The van der Waals surface area contributed by atoms with Crippen molar-refractivity contribution >= 4 is 23.5 Å². The van der Waals surface area contributed by atoms with Crippen LogP contribution in [-0.4, -0.2) is 32.1 Å². The molecule has 2 aromatic rings. The minimum Gasteiger partial charge on any atom is -0.465 e. The Bertz CT molecular complexity index is 852. The molecule has 1 N–H and O–H groups in total. The first-order valence-corrected chi connectivity index (χ1v) is 9.46. The highest BCUT2D eigenvalue weighted by Gasteiger charge is 2.18. The van der Waals surface area contributed by atoms with Crippen molar-refractivity contribution in [2.75, 3.05) is 19.5 Å². The summed E-state index contributed by atoms with van der Waals surface area (Å²) in [7, 11) is 2.49. The van der Waals surface area contributed by atoms with E-state index in [9.17, 15) is 14.4 Å². The van der Waals surface area contributed by atoms with E-state index in [4.69, 9.17) is 9.47 Å². The zero-order valence-corrected chi connectivity index (χ0v) is 17.4. The van der Waals surface area contributed by atoms with Crippen molar-refractivity contribution in [3.8, 4) is 0 Å². The molecule has 1 amide bonds. The van der Waals surface area contributed by atoms with E-state index in [-0.39, 0.29) is 17.0 Å². The molecule has 0 radical (unpaired) electrons. The smallest absolute Gasteiger partial charge is 0.337 e. The second-order valence-electron chi connectivity index (χ2n) is 7.33. The molecule has 6 nitrogen and oxygen atoms in total. The number of anilines is 1. The second-order valence-corrected chi connectivity index (χ2v) is 7.33. The molecule has 2 rings (SSSR count). The van der Waals surface area contributed by atoms with Crippen LogP contribution < -0.4 is 5.32 Å². The van der Waals surface area contributed by atoms with E-state index < -0.39 is 17.9 Å². The van der Waals surface area contributed by atoms with Gasteiger partial charge in [-0.3, -0.25) is 4.79 Å². The first-order chi connectivity index (χ1) is 13.7. The molecule has 0 unspecified atom stereocenters. The van der Waals surface area contributed by atoms with Crippen molar-refractivity contribution in [1.82, 2.24) is 0 Å².